The third kappa shape index (κ3) is 37.2. The summed E-state index contributed by atoms with van der Waals surface area (Å²) >= 11 is 0. The minimum absolute atomic E-state index is 0.306. The summed E-state index contributed by atoms with van der Waals surface area (Å²) in [7, 11) is 0. The van der Waals surface area contributed by atoms with Gasteiger partial charge in [0.15, 0.2) is 0 Å². The van der Waals surface area contributed by atoms with E-state index in [9.17, 15) is 0 Å². The predicted octanol–water partition coefficient (Wildman–Crippen LogP) is 15.3. The van der Waals surface area contributed by atoms with Gasteiger partial charge in [-0.1, -0.05) is 157 Å². The Kier molecular flexibility index (Phi) is 50.2. The SMILES string of the molecule is C=C(C)C(C(=C)CC1CC1)=C(C)C.C=C(C)C(C)(C)C.C=C=C.C=CC(C)c1ccc(C)c(C)c1.C=O.CC.CC.CC.CC. The van der Waals surface area contributed by atoms with Crippen molar-refractivity contribution < 1.29 is 4.79 Å². The van der Waals surface area contributed by atoms with Crippen molar-refractivity contribution in [3.05, 3.63) is 114 Å². The number of rotatable bonds is 6. The van der Waals surface area contributed by atoms with Gasteiger partial charge in [0.05, 0.1) is 0 Å². The molecule has 2 rings (SSSR count). The van der Waals surface area contributed by atoms with Crippen molar-refractivity contribution in [1.29, 1.82) is 0 Å². The van der Waals surface area contributed by atoms with E-state index in [1.54, 1.807) is 0 Å². The Morgan fingerprint density at radius 1 is 0.844 bits per heavy atom. The number of aryl methyl sites for hydroxylation is 2. The second kappa shape index (κ2) is 39.1. The average molecular weight is 625 g/mol. The van der Waals surface area contributed by atoms with Crippen LogP contribution in [0.4, 0.5) is 0 Å². The molecule has 1 aliphatic rings. The Morgan fingerprint density at radius 2 is 1.20 bits per heavy atom. The fraction of sp³-hybridized carbons (Fsp3) is 0.545. The van der Waals surface area contributed by atoms with Gasteiger partial charge in [0.2, 0.25) is 0 Å². The minimum Gasteiger partial charge on any atom is -0.307 e. The highest BCUT2D eigenvalue weighted by Gasteiger charge is 2.23. The molecule has 0 saturated heterocycles. The Morgan fingerprint density at radius 3 is 1.42 bits per heavy atom. The second-order valence-electron chi connectivity index (χ2n) is 11.1. The average Bonchev–Trinajstić information content (AvgIpc) is 3.83. The van der Waals surface area contributed by atoms with Gasteiger partial charge >= 0.3 is 0 Å². The number of carbonyl (C=O) groups is 1. The fourth-order valence-electron chi connectivity index (χ4n) is 3.04. The molecule has 0 aliphatic heterocycles. The third-order valence-corrected chi connectivity index (χ3v) is 6.20. The molecule has 0 aromatic heterocycles. The van der Waals surface area contributed by atoms with Crippen molar-refractivity contribution in [1.82, 2.24) is 0 Å². The Hall–Kier alpha value is -2.89. The van der Waals surface area contributed by atoms with Gasteiger partial charge in [-0.25, -0.2) is 0 Å². The smallest absolute Gasteiger partial charge is 0.106 e. The lowest BCUT2D eigenvalue weighted by Crippen LogP contribution is -2.04. The van der Waals surface area contributed by atoms with Crippen LogP contribution < -0.4 is 0 Å². The maximum Gasteiger partial charge on any atom is 0.106 e. The van der Waals surface area contributed by atoms with Gasteiger partial charge in [0.25, 0.3) is 0 Å². The lowest BCUT2D eigenvalue weighted by atomic mass is 9.89. The van der Waals surface area contributed by atoms with Gasteiger partial charge < -0.3 is 4.79 Å². The third-order valence-electron chi connectivity index (χ3n) is 6.20. The molecule has 1 aliphatic carbocycles. The summed E-state index contributed by atoms with van der Waals surface area (Å²) in [6, 6.07) is 6.58. The highest BCUT2D eigenvalue weighted by molar-refractivity contribution is 5.45. The Balaban J connectivity index is -0.0000000830. The van der Waals surface area contributed by atoms with Crippen molar-refractivity contribution in [3.63, 3.8) is 0 Å². The summed E-state index contributed by atoms with van der Waals surface area (Å²) in [4.78, 5) is 8.00. The van der Waals surface area contributed by atoms with Crippen LogP contribution in [0.15, 0.2) is 97.3 Å². The number of allylic oxidation sites excluding steroid dienone is 6. The van der Waals surface area contributed by atoms with E-state index >= 15 is 0 Å². The second-order valence-corrected chi connectivity index (χ2v) is 11.1. The van der Waals surface area contributed by atoms with Crippen molar-refractivity contribution in [3.8, 4) is 0 Å². The van der Waals surface area contributed by atoms with Crippen LogP contribution >= 0.6 is 0 Å². The molecule has 0 spiro atoms. The van der Waals surface area contributed by atoms with E-state index in [2.05, 4.69) is 133 Å². The maximum atomic E-state index is 8.00. The van der Waals surface area contributed by atoms with E-state index in [4.69, 9.17) is 4.79 Å². The first-order valence-corrected chi connectivity index (χ1v) is 17.0. The quantitative estimate of drug-likeness (QED) is 0.175. The fourth-order valence-corrected chi connectivity index (χ4v) is 3.04. The molecule has 0 radical (unpaired) electrons. The number of hydrogen-bond donors (Lipinski definition) is 0. The molecule has 1 aromatic carbocycles. The summed E-state index contributed by atoms with van der Waals surface area (Å²) < 4.78 is 0. The van der Waals surface area contributed by atoms with E-state index in [1.165, 1.54) is 58.2 Å². The van der Waals surface area contributed by atoms with E-state index in [-0.39, 0.29) is 0 Å². The molecule has 0 heterocycles. The van der Waals surface area contributed by atoms with Crippen LogP contribution in [0.1, 0.15) is 153 Å². The monoisotopic (exact) mass is 625 g/mol. The molecule has 1 nitrogen and oxygen atoms in total. The van der Waals surface area contributed by atoms with Gasteiger partial charge in [0, 0.05) is 0 Å². The van der Waals surface area contributed by atoms with E-state index < -0.39 is 0 Å². The van der Waals surface area contributed by atoms with Crippen LogP contribution in [0.3, 0.4) is 0 Å². The first kappa shape index (κ1) is 57.7. The first-order valence-electron chi connectivity index (χ1n) is 17.0. The summed E-state index contributed by atoms with van der Waals surface area (Å²) in [5, 5.41) is 0. The van der Waals surface area contributed by atoms with Crippen LogP contribution in [0.5, 0.6) is 0 Å². The zero-order valence-corrected chi connectivity index (χ0v) is 33.9. The van der Waals surface area contributed by atoms with Gasteiger partial charge in [-0.2, -0.15) is 0 Å². The predicted molar refractivity (Wildman–Crippen MR) is 216 cm³/mol. The summed E-state index contributed by atoms with van der Waals surface area (Å²) in [6.45, 7) is 61.4. The Bertz CT molecular complexity index is 932. The number of carbonyl (C=O) groups excluding carboxylic acids is 1. The van der Waals surface area contributed by atoms with E-state index in [0.717, 1.165) is 11.5 Å². The van der Waals surface area contributed by atoms with Crippen molar-refractivity contribution in [2.45, 2.75) is 150 Å². The van der Waals surface area contributed by atoms with Crippen LogP contribution in [0.25, 0.3) is 0 Å². The van der Waals surface area contributed by atoms with Gasteiger partial charge in [0.1, 0.15) is 6.79 Å². The molecule has 1 unspecified atom stereocenters. The maximum absolute atomic E-state index is 8.00. The lowest BCUT2D eigenvalue weighted by molar-refractivity contribution is -0.0980. The highest BCUT2D eigenvalue weighted by Crippen LogP contribution is 2.38. The standard InChI is InChI=1S/C13H20.C12H16.C7H14.C3H4.4C2H6.CH2O/c1-9(2)13(10(3)4)11(5)8-12-6-7-12;1-5-9(2)12-7-6-10(3)11(4)8-12;1-6(2)7(3,4)5;1-3-2;5*1-2/h12H,1,5-8H2,2-4H3;5-9H,1H2,2-4H3;1H2,2-5H3;1-2H2;4*1-2H3;1H2. The minimum atomic E-state index is 0.306. The normalized spacial score (nSPS) is 10.4. The van der Waals surface area contributed by atoms with E-state index in [1.807, 2.05) is 68.3 Å². The van der Waals surface area contributed by atoms with Gasteiger partial charge in [-0.3, -0.25) is 0 Å². The topological polar surface area (TPSA) is 17.1 Å². The molecule has 45 heavy (non-hydrogen) atoms. The molecular formula is C44H80O. The molecule has 0 N–H and O–H groups in total. The van der Waals surface area contributed by atoms with Crippen LogP contribution in [-0.4, -0.2) is 6.79 Å². The summed E-state index contributed by atoms with van der Waals surface area (Å²) in [5.74, 6) is 1.38. The zero-order valence-electron chi connectivity index (χ0n) is 33.9. The molecule has 1 atom stereocenters. The zero-order chi connectivity index (χ0) is 37.9. The van der Waals surface area contributed by atoms with Gasteiger partial charge in [-0.05, 0) is 106 Å². The molecule has 1 heteroatoms. The molecule has 1 fully saturated rings. The molecule has 262 valence electrons. The number of benzene rings is 1. The van der Waals surface area contributed by atoms with Crippen LogP contribution in [-0.2, 0) is 4.79 Å². The van der Waals surface area contributed by atoms with Crippen molar-refractivity contribution in [2.75, 3.05) is 0 Å². The lowest BCUT2D eigenvalue weighted by Gasteiger charge is -2.16. The van der Waals surface area contributed by atoms with Crippen LogP contribution in [0, 0.1) is 25.2 Å². The van der Waals surface area contributed by atoms with Crippen molar-refractivity contribution >= 4 is 6.79 Å². The first-order chi connectivity index (χ1) is 21.0. The molecular weight excluding hydrogens is 544 g/mol. The van der Waals surface area contributed by atoms with Gasteiger partial charge in [-0.15, -0.1) is 12.3 Å². The van der Waals surface area contributed by atoms with Crippen molar-refractivity contribution in [2.24, 2.45) is 11.3 Å². The highest BCUT2D eigenvalue weighted by atomic mass is 16.1. The van der Waals surface area contributed by atoms with Crippen LogP contribution in [0.2, 0.25) is 0 Å². The molecule has 0 bridgehead atoms. The Labute approximate surface area is 286 Å². The molecule has 0 amide bonds. The summed E-state index contributed by atoms with van der Waals surface area (Å²) in [6.07, 6.45) is 5.94. The van der Waals surface area contributed by atoms with E-state index in [0.29, 0.717) is 11.3 Å². The number of hydrogen-bond acceptors (Lipinski definition) is 1. The molecule has 1 saturated carbocycles. The molecule has 1 aromatic rings. The largest absolute Gasteiger partial charge is 0.307 e. The summed E-state index contributed by atoms with van der Waals surface area (Å²) in [5.41, 5.74) is 13.0.